The molecule has 0 aromatic carbocycles. The second-order valence-corrected chi connectivity index (χ2v) is 2.42. The van der Waals surface area contributed by atoms with Gasteiger partial charge in [0.15, 0.2) is 0 Å². The Bertz CT molecular complexity index is 172. The number of hydrogen-bond donors (Lipinski definition) is 2. The highest BCUT2D eigenvalue weighted by Gasteiger charge is 2.23. The molecule has 0 amide bonds. The van der Waals surface area contributed by atoms with Crippen LogP contribution in [0.3, 0.4) is 0 Å². The summed E-state index contributed by atoms with van der Waals surface area (Å²) in [4.78, 5) is 10.4. The monoisotopic (exact) mass is 142 g/mol. The standard InChI is InChI=1S/C7H10O3/c8-4-5-2-1-3-6(5)7(9)10/h3,5,8H,1-2,4H2,(H,9,10)/t5-/m0/s1. The van der Waals surface area contributed by atoms with Crippen molar-refractivity contribution in [2.45, 2.75) is 12.8 Å². The molecule has 0 unspecified atom stereocenters. The molecular formula is C7H10O3. The van der Waals surface area contributed by atoms with E-state index in [9.17, 15) is 4.79 Å². The van der Waals surface area contributed by atoms with Crippen LogP contribution in [0.25, 0.3) is 0 Å². The van der Waals surface area contributed by atoms with Gasteiger partial charge in [-0.2, -0.15) is 0 Å². The van der Waals surface area contributed by atoms with Gasteiger partial charge in [0.25, 0.3) is 0 Å². The second kappa shape index (κ2) is 2.84. The molecule has 0 spiro atoms. The molecule has 56 valence electrons. The maximum Gasteiger partial charge on any atom is 0.331 e. The van der Waals surface area contributed by atoms with Gasteiger partial charge in [-0.05, 0) is 12.8 Å². The Hall–Kier alpha value is -0.830. The van der Waals surface area contributed by atoms with Crippen LogP contribution in [0.5, 0.6) is 0 Å². The first-order chi connectivity index (χ1) is 4.75. The van der Waals surface area contributed by atoms with Crippen molar-refractivity contribution in [1.29, 1.82) is 0 Å². The Kier molecular flexibility index (Phi) is 2.06. The summed E-state index contributed by atoms with van der Waals surface area (Å²) in [6, 6.07) is 0. The van der Waals surface area contributed by atoms with Crippen LogP contribution in [-0.4, -0.2) is 22.8 Å². The van der Waals surface area contributed by atoms with E-state index in [2.05, 4.69) is 0 Å². The molecule has 0 aromatic rings. The molecule has 0 fully saturated rings. The third-order valence-corrected chi connectivity index (χ3v) is 1.79. The summed E-state index contributed by atoms with van der Waals surface area (Å²) in [5, 5.41) is 17.2. The van der Waals surface area contributed by atoms with E-state index in [0.29, 0.717) is 5.57 Å². The van der Waals surface area contributed by atoms with E-state index < -0.39 is 5.97 Å². The molecule has 1 atom stereocenters. The summed E-state index contributed by atoms with van der Waals surface area (Å²) in [7, 11) is 0. The van der Waals surface area contributed by atoms with Crippen molar-refractivity contribution in [3.05, 3.63) is 11.6 Å². The van der Waals surface area contributed by atoms with Gasteiger partial charge < -0.3 is 10.2 Å². The third-order valence-electron chi connectivity index (χ3n) is 1.79. The fourth-order valence-corrected chi connectivity index (χ4v) is 1.21. The van der Waals surface area contributed by atoms with Crippen LogP contribution in [0.4, 0.5) is 0 Å². The molecule has 0 aromatic heterocycles. The van der Waals surface area contributed by atoms with Crippen LogP contribution in [0.15, 0.2) is 11.6 Å². The largest absolute Gasteiger partial charge is 0.478 e. The van der Waals surface area contributed by atoms with Gasteiger partial charge in [0.05, 0.1) is 6.61 Å². The average Bonchev–Trinajstić information content (AvgIpc) is 2.33. The van der Waals surface area contributed by atoms with Crippen LogP contribution in [0, 0.1) is 5.92 Å². The molecule has 10 heavy (non-hydrogen) atoms. The molecule has 1 aliphatic carbocycles. The van der Waals surface area contributed by atoms with Crippen LogP contribution in [0.1, 0.15) is 12.8 Å². The normalized spacial score (nSPS) is 24.5. The number of rotatable bonds is 2. The first kappa shape index (κ1) is 7.28. The van der Waals surface area contributed by atoms with Gasteiger partial charge in [0, 0.05) is 11.5 Å². The van der Waals surface area contributed by atoms with Gasteiger partial charge in [0.1, 0.15) is 0 Å². The summed E-state index contributed by atoms with van der Waals surface area (Å²) >= 11 is 0. The number of carboxylic acids is 1. The van der Waals surface area contributed by atoms with Crippen LogP contribution >= 0.6 is 0 Å². The Morgan fingerprint density at radius 3 is 2.90 bits per heavy atom. The minimum atomic E-state index is -0.892. The number of allylic oxidation sites excluding steroid dienone is 1. The minimum absolute atomic E-state index is 0.0435. The van der Waals surface area contributed by atoms with E-state index >= 15 is 0 Å². The van der Waals surface area contributed by atoms with Gasteiger partial charge in [0.2, 0.25) is 0 Å². The molecular weight excluding hydrogens is 132 g/mol. The Labute approximate surface area is 59.0 Å². The van der Waals surface area contributed by atoms with Gasteiger partial charge in [-0.15, -0.1) is 0 Å². The highest BCUT2D eigenvalue weighted by Crippen LogP contribution is 2.24. The molecule has 3 heteroatoms. The number of aliphatic carboxylic acids is 1. The Morgan fingerprint density at radius 1 is 1.80 bits per heavy atom. The quantitative estimate of drug-likeness (QED) is 0.586. The minimum Gasteiger partial charge on any atom is -0.478 e. The van der Waals surface area contributed by atoms with Crippen molar-refractivity contribution in [3.8, 4) is 0 Å². The highest BCUT2D eigenvalue weighted by atomic mass is 16.4. The zero-order chi connectivity index (χ0) is 7.56. The van der Waals surface area contributed by atoms with Gasteiger partial charge >= 0.3 is 5.97 Å². The number of carboxylic acid groups (broad SMARTS) is 1. The lowest BCUT2D eigenvalue weighted by atomic mass is 10.0. The van der Waals surface area contributed by atoms with Gasteiger partial charge in [-0.1, -0.05) is 6.08 Å². The van der Waals surface area contributed by atoms with Gasteiger partial charge in [-0.25, -0.2) is 4.79 Å². The van der Waals surface area contributed by atoms with E-state index in [1.54, 1.807) is 6.08 Å². The van der Waals surface area contributed by atoms with E-state index in [1.807, 2.05) is 0 Å². The number of carbonyl (C=O) groups is 1. The number of aliphatic hydroxyl groups is 1. The first-order valence-electron chi connectivity index (χ1n) is 3.30. The molecule has 3 nitrogen and oxygen atoms in total. The van der Waals surface area contributed by atoms with E-state index in [1.165, 1.54) is 0 Å². The summed E-state index contributed by atoms with van der Waals surface area (Å²) in [6.45, 7) is -0.0435. The van der Waals surface area contributed by atoms with E-state index in [0.717, 1.165) is 12.8 Å². The summed E-state index contributed by atoms with van der Waals surface area (Å²) in [5.74, 6) is -1.02. The fraction of sp³-hybridized carbons (Fsp3) is 0.571. The third kappa shape index (κ3) is 1.19. The van der Waals surface area contributed by atoms with Crippen LogP contribution in [0.2, 0.25) is 0 Å². The van der Waals surface area contributed by atoms with Crippen molar-refractivity contribution < 1.29 is 15.0 Å². The van der Waals surface area contributed by atoms with Crippen LogP contribution < -0.4 is 0 Å². The lowest BCUT2D eigenvalue weighted by Gasteiger charge is -2.05. The topological polar surface area (TPSA) is 57.5 Å². The Morgan fingerprint density at radius 2 is 2.50 bits per heavy atom. The molecule has 1 aliphatic rings. The predicted octanol–water partition coefficient (Wildman–Crippen LogP) is 0.400. The predicted molar refractivity (Wildman–Crippen MR) is 35.5 cm³/mol. The van der Waals surface area contributed by atoms with Crippen molar-refractivity contribution in [2.24, 2.45) is 5.92 Å². The summed E-state index contributed by atoms with van der Waals surface area (Å²) in [6.07, 6.45) is 3.24. The lowest BCUT2D eigenvalue weighted by Crippen LogP contribution is -2.11. The zero-order valence-corrected chi connectivity index (χ0v) is 5.58. The van der Waals surface area contributed by atoms with E-state index in [4.69, 9.17) is 10.2 Å². The molecule has 0 saturated carbocycles. The van der Waals surface area contributed by atoms with E-state index in [-0.39, 0.29) is 12.5 Å². The maximum absolute atomic E-state index is 10.4. The van der Waals surface area contributed by atoms with Crippen molar-refractivity contribution in [1.82, 2.24) is 0 Å². The van der Waals surface area contributed by atoms with Crippen LogP contribution in [-0.2, 0) is 4.79 Å². The Balaban J connectivity index is 2.65. The molecule has 2 N–H and O–H groups in total. The van der Waals surface area contributed by atoms with Crippen molar-refractivity contribution in [3.63, 3.8) is 0 Å². The summed E-state index contributed by atoms with van der Waals surface area (Å²) in [5.41, 5.74) is 0.377. The first-order valence-corrected chi connectivity index (χ1v) is 3.30. The van der Waals surface area contributed by atoms with Gasteiger partial charge in [-0.3, -0.25) is 0 Å². The average molecular weight is 142 g/mol. The fourth-order valence-electron chi connectivity index (χ4n) is 1.21. The zero-order valence-electron chi connectivity index (χ0n) is 5.58. The molecule has 0 saturated heterocycles. The molecule has 0 heterocycles. The van der Waals surface area contributed by atoms with Crippen molar-refractivity contribution >= 4 is 5.97 Å². The maximum atomic E-state index is 10.4. The number of aliphatic hydroxyl groups excluding tert-OH is 1. The second-order valence-electron chi connectivity index (χ2n) is 2.42. The molecule has 0 bridgehead atoms. The summed E-state index contributed by atoms with van der Waals surface area (Å²) < 4.78 is 0. The lowest BCUT2D eigenvalue weighted by molar-refractivity contribution is -0.133. The SMILES string of the molecule is O=C(O)C1=CCC[C@H]1CO. The van der Waals surface area contributed by atoms with Crippen molar-refractivity contribution in [2.75, 3.05) is 6.61 Å². The molecule has 1 rings (SSSR count). The molecule has 0 radical (unpaired) electrons. The smallest absolute Gasteiger partial charge is 0.331 e. The number of hydrogen-bond acceptors (Lipinski definition) is 2. The highest BCUT2D eigenvalue weighted by molar-refractivity contribution is 5.87. The molecule has 0 aliphatic heterocycles.